The van der Waals surface area contributed by atoms with E-state index in [0.717, 1.165) is 0 Å². The van der Waals surface area contributed by atoms with Gasteiger partial charge in [-0.2, -0.15) is 0 Å². The SMILES string of the molecule is Cc1cc(Cl)cc(C=CC=O)c1O. The third-order valence-corrected chi connectivity index (χ3v) is 1.87. The number of hydrogen-bond acceptors (Lipinski definition) is 2. The van der Waals surface area contributed by atoms with E-state index in [0.29, 0.717) is 22.4 Å². The summed E-state index contributed by atoms with van der Waals surface area (Å²) in [4.78, 5) is 10.1. The lowest BCUT2D eigenvalue weighted by atomic mass is 10.1. The van der Waals surface area contributed by atoms with Crippen LogP contribution in [0.5, 0.6) is 5.75 Å². The zero-order valence-corrected chi connectivity index (χ0v) is 7.88. The molecule has 0 aliphatic rings. The van der Waals surface area contributed by atoms with Gasteiger partial charge in [-0.15, -0.1) is 0 Å². The molecule has 0 amide bonds. The molecule has 0 spiro atoms. The van der Waals surface area contributed by atoms with E-state index < -0.39 is 0 Å². The highest BCUT2D eigenvalue weighted by Crippen LogP contribution is 2.27. The molecule has 68 valence electrons. The fourth-order valence-corrected chi connectivity index (χ4v) is 1.31. The average molecular weight is 197 g/mol. The number of hydrogen-bond donors (Lipinski definition) is 1. The first kappa shape index (κ1) is 9.81. The zero-order chi connectivity index (χ0) is 9.84. The van der Waals surface area contributed by atoms with Crippen LogP contribution in [0.15, 0.2) is 18.2 Å². The number of benzene rings is 1. The fraction of sp³-hybridized carbons (Fsp3) is 0.100. The van der Waals surface area contributed by atoms with Gasteiger partial charge in [-0.25, -0.2) is 0 Å². The molecule has 3 heteroatoms. The fourth-order valence-electron chi connectivity index (χ4n) is 1.03. The van der Waals surface area contributed by atoms with Crippen LogP contribution in [0.4, 0.5) is 0 Å². The number of allylic oxidation sites excluding steroid dienone is 1. The van der Waals surface area contributed by atoms with Crippen LogP contribution >= 0.6 is 11.6 Å². The van der Waals surface area contributed by atoms with Crippen molar-refractivity contribution in [2.75, 3.05) is 0 Å². The largest absolute Gasteiger partial charge is 0.507 e. The Hall–Kier alpha value is -1.28. The molecule has 1 N–H and O–H groups in total. The number of phenolic OH excluding ortho intramolecular Hbond substituents is 1. The van der Waals surface area contributed by atoms with Crippen molar-refractivity contribution in [3.63, 3.8) is 0 Å². The molecule has 2 nitrogen and oxygen atoms in total. The number of aldehydes is 1. The minimum atomic E-state index is 0.155. The molecule has 0 aliphatic carbocycles. The van der Waals surface area contributed by atoms with Gasteiger partial charge in [0.05, 0.1) is 0 Å². The Labute approximate surface area is 81.5 Å². The first-order valence-corrected chi connectivity index (χ1v) is 4.14. The number of aromatic hydroxyl groups is 1. The molecule has 0 unspecified atom stereocenters. The summed E-state index contributed by atoms with van der Waals surface area (Å²) in [7, 11) is 0. The highest BCUT2D eigenvalue weighted by Gasteiger charge is 2.02. The molecule has 0 aromatic heterocycles. The second-order valence-corrected chi connectivity index (χ2v) is 3.09. The lowest BCUT2D eigenvalue weighted by Gasteiger charge is -2.03. The number of carbonyl (C=O) groups excluding carboxylic acids is 1. The van der Waals surface area contributed by atoms with Crippen LogP contribution in [0.25, 0.3) is 6.08 Å². The van der Waals surface area contributed by atoms with Gasteiger partial charge in [-0.3, -0.25) is 4.79 Å². The van der Waals surface area contributed by atoms with Crippen LogP contribution in [0.1, 0.15) is 11.1 Å². The number of halogens is 1. The lowest BCUT2D eigenvalue weighted by molar-refractivity contribution is -0.104. The Morgan fingerprint density at radius 2 is 2.15 bits per heavy atom. The van der Waals surface area contributed by atoms with Crippen molar-refractivity contribution in [2.24, 2.45) is 0 Å². The maximum Gasteiger partial charge on any atom is 0.142 e. The van der Waals surface area contributed by atoms with Crippen molar-refractivity contribution in [1.82, 2.24) is 0 Å². The maximum absolute atomic E-state index is 10.1. The summed E-state index contributed by atoms with van der Waals surface area (Å²) < 4.78 is 0. The number of aryl methyl sites for hydroxylation is 1. The molecule has 0 atom stereocenters. The molecule has 1 aromatic rings. The number of phenols is 1. The van der Waals surface area contributed by atoms with Crippen molar-refractivity contribution in [2.45, 2.75) is 6.92 Å². The Morgan fingerprint density at radius 3 is 2.77 bits per heavy atom. The van der Waals surface area contributed by atoms with Crippen molar-refractivity contribution >= 4 is 24.0 Å². The van der Waals surface area contributed by atoms with E-state index in [2.05, 4.69) is 0 Å². The van der Waals surface area contributed by atoms with Crippen molar-refractivity contribution in [3.8, 4) is 5.75 Å². The monoisotopic (exact) mass is 196 g/mol. The highest BCUT2D eigenvalue weighted by atomic mass is 35.5. The van der Waals surface area contributed by atoms with E-state index >= 15 is 0 Å². The predicted octanol–water partition coefficient (Wildman–Crippen LogP) is 2.57. The summed E-state index contributed by atoms with van der Waals surface area (Å²) in [5.74, 6) is 0.155. The van der Waals surface area contributed by atoms with E-state index in [1.807, 2.05) is 0 Å². The Balaban J connectivity index is 3.19. The smallest absolute Gasteiger partial charge is 0.142 e. The van der Waals surface area contributed by atoms with Crippen LogP contribution < -0.4 is 0 Å². The molecule has 1 aromatic carbocycles. The molecule has 0 radical (unpaired) electrons. The minimum absolute atomic E-state index is 0.155. The lowest BCUT2D eigenvalue weighted by Crippen LogP contribution is -1.80. The maximum atomic E-state index is 10.1. The Bertz CT molecular complexity index is 356. The molecule has 0 fully saturated rings. The summed E-state index contributed by atoms with van der Waals surface area (Å²) in [6.07, 6.45) is 3.47. The van der Waals surface area contributed by atoms with Crippen molar-refractivity contribution < 1.29 is 9.90 Å². The molecule has 0 aliphatic heterocycles. The second kappa shape index (κ2) is 4.10. The zero-order valence-electron chi connectivity index (χ0n) is 7.12. The summed E-state index contributed by atoms with van der Waals surface area (Å²) >= 11 is 5.77. The van der Waals surface area contributed by atoms with E-state index in [9.17, 15) is 9.90 Å². The van der Waals surface area contributed by atoms with Gasteiger partial charge in [-0.05, 0) is 36.8 Å². The van der Waals surface area contributed by atoms with Gasteiger partial charge in [0.15, 0.2) is 0 Å². The first-order chi connectivity index (χ1) is 6.15. The van der Waals surface area contributed by atoms with Gasteiger partial charge in [0, 0.05) is 10.6 Å². The van der Waals surface area contributed by atoms with E-state index in [1.54, 1.807) is 19.1 Å². The third-order valence-electron chi connectivity index (χ3n) is 1.65. The molecule has 0 saturated heterocycles. The van der Waals surface area contributed by atoms with Crippen LogP contribution in [0.2, 0.25) is 5.02 Å². The first-order valence-electron chi connectivity index (χ1n) is 3.76. The van der Waals surface area contributed by atoms with Gasteiger partial charge < -0.3 is 5.11 Å². The standard InChI is InChI=1S/C10H9ClO2/c1-7-5-9(11)6-8(10(7)13)3-2-4-12/h2-6,13H,1H3. The van der Waals surface area contributed by atoms with E-state index in [1.165, 1.54) is 12.2 Å². The Kier molecular flexibility index (Phi) is 3.09. The number of carbonyl (C=O) groups is 1. The van der Waals surface area contributed by atoms with Crippen LogP contribution in [0, 0.1) is 6.92 Å². The third kappa shape index (κ3) is 2.33. The molecule has 0 bridgehead atoms. The van der Waals surface area contributed by atoms with E-state index in [-0.39, 0.29) is 5.75 Å². The summed E-state index contributed by atoms with van der Waals surface area (Å²) in [5, 5.41) is 10.1. The number of rotatable bonds is 2. The minimum Gasteiger partial charge on any atom is -0.507 e. The van der Waals surface area contributed by atoms with Gasteiger partial charge in [-0.1, -0.05) is 11.6 Å². The predicted molar refractivity (Wildman–Crippen MR) is 53.0 cm³/mol. The normalized spacial score (nSPS) is 10.6. The molecule has 0 heterocycles. The van der Waals surface area contributed by atoms with Crippen molar-refractivity contribution in [1.29, 1.82) is 0 Å². The molecule has 1 rings (SSSR count). The van der Waals surface area contributed by atoms with Gasteiger partial charge in [0.25, 0.3) is 0 Å². The summed E-state index contributed by atoms with van der Waals surface area (Å²) in [5.41, 5.74) is 1.25. The molecule has 0 saturated carbocycles. The van der Waals surface area contributed by atoms with Crippen LogP contribution in [-0.2, 0) is 4.79 Å². The second-order valence-electron chi connectivity index (χ2n) is 2.66. The van der Waals surface area contributed by atoms with E-state index in [4.69, 9.17) is 11.6 Å². The van der Waals surface area contributed by atoms with Crippen LogP contribution in [-0.4, -0.2) is 11.4 Å². The molecular formula is C10H9ClO2. The summed E-state index contributed by atoms with van der Waals surface area (Å²) in [6.45, 7) is 1.75. The average Bonchev–Trinajstić information content (AvgIpc) is 2.09. The molecular weight excluding hydrogens is 188 g/mol. The van der Waals surface area contributed by atoms with Gasteiger partial charge >= 0.3 is 0 Å². The van der Waals surface area contributed by atoms with Crippen LogP contribution in [0.3, 0.4) is 0 Å². The Morgan fingerprint density at radius 1 is 1.46 bits per heavy atom. The molecule has 13 heavy (non-hydrogen) atoms. The quantitative estimate of drug-likeness (QED) is 0.583. The van der Waals surface area contributed by atoms with Gasteiger partial charge in [0.2, 0.25) is 0 Å². The summed E-state index contributed by atoms with van der Waals surface area (Å²) in [6, 6.07) is 3.26. The topological polar surface area (TPSA) is 37.3 Å². The van der Waals surface area contributed by atoms with Crippen molar-refractivity contribution in [3.05, 3.63) is 34.4 Å². The van der Waals surface area contributed by atoms with Gasteiger partial charge in [0.1, 0.15) is 12.0 Å². The highest BCUT2D eigenvalue weighted by molar-refractivity contribution is 6.30.